The van der Waals surface area contributed by atoms with Crippen molar-refractivity contribution < 1.29 is 14.6 Å². The summed E-state index contributed by atoms with van der Waals surface area (Å²) < 4.78 is 5.62. The summed E-state index contributed by atoms with van der Waals surface area (Å²) >= 11 is 1.11. The smallest absolute Gasteiger partial charge is 0.346 e. The van der Waals surface area contributed by atoms with Crippen molar-refractivity contribution in [2.24, 2.45) is 0 Å². The number of nitrogens with zero attached hydrogens (tertiary/aromatic N) is 2. The van der Waals surface area contributed by atoms with Gasteiger partial charge in [-0.2, -0.15) is 0 Å². The second-order valence-electron chi connectivity index (χ2n) is 4.16. The standard InChI is InChI=1S/C14H10N2O3S/c1-8-13(16-11-5-3-2-4-10(11)15-8)19-9-6-12(14(17)18)20-7-9/h2-7H,1H3,(H,17,18). The van der Waals surface area contributed by atoms with Crippen LogP contribution in [0.2, 0.25) is 0 Å². The minimum absolute atomic E-state index is 0.228. The maximum atomic E-state index is 10.8. The minimum Gasteiger partial charge on any atom is -0.477 e. The van der Waals surface area contributed by atoms with Crippen LogP contribution in [-0.2, 0) is 0 Å². The Labute approximate surface area is 118 Å². The number of carboxylic acid groups (broad SMARTS) is 1. The van der Waals surface area contributed by atoms with Gasteiger partial charge in [0.25, 0.3) is 0 Å². The van der Waals surface area contributed by atoms with Crippen LogP contribution in [0.4, 0.5) is 0 Å². The monoisotopic (exact) mass is 286 g/mol. The number of aromatic nitrogens is 2. The molecule has 5 nitrogen and oxygen atoms in total. The largest absolute Gasteiger partial charge is 0.477 e. The second-order valence-corrected chi connectivity index (χ2v) is 5.07. The summed E-state index contributed by atoms with van der Waals surface area (Å²) in [7, 11) is 0. The molecule has 0 aliphatic heterocycles. The lowest BCUT2D eigenvalue weighted by atomic mass is 10.3. The van der Waals surface area contributed by atoms with Crippen molar-refractivity contribution in [1.29, 1.82) is 0 Å². The molecule has 0 bridgehead atoms. The fourth-order valence-electron chi connectivity index (χ4n) is 1.76. The van der Waals surface area contributed by atoms with Gasteiger partial charge in [-0.3, -0.25) is 0 Å². The number of carboxylic acids is 1. The van der Waals surface area contributed by atoms with Gasteiger partial charge in [0.15, 0.2) is 0 Å². The van der Waals surface area contributed by atoms with E-state index in [1.807, 2.05) is 24.3 Å². The minimum atomic E-state index is -0.967. The molecule has 1 N–H and O–H groups in total. The number of thiophene rings is 1. The SMILES string of the molecule is Cc1nc2ccccc2nc1Oc1csc(C(=O)O)c1. The molecule has 0 saturated carbocycles. The summed E-state index contributed by atoms with van der Waals surface area (Å²) in [4.78, 5) is 19.9. The van der Waals surface area contributed by atoms with E-state index < -0.39 is 5.97 Å². The van der Waals surface area contributed by atoms with E-state index in [0.29, 0.717) is 17.3 Å². The van der Waals surface area contributed by atoms with Crippen LogP contribution in [0, 0.1) is 6.92 Å². The highest BCUT2D eigenvalue weighted by molar-refractivity contribution is 7.12. The lowest BCUT2D eigenvalue weighted by Gasteiger charge is -2.06. The van der Waals surface area contributed by atoms with Crippen LogP contribution in [0.5, 0.6) is 11.6 Å². The maximum absolute atomic E-state index is 10.8. The Kier molecular flexibility index (Phi) is 3.08. The van der Waals surface area contributed by atoms with E-state index >= 15 is 0 Å². The molecule has 100 valence electrons. The van der Waals surface area contributed by atoms with Crippen molar-refractivity contribution in [1.82, 2.24) is 9.97 Å². The zero-order valence-electron chi connectivity index (χ0n) is 10.5. The average molecular weight is 286 g/mol. The van der Waals surface area contributed by atoms with Gasteiger partial charge in [-0.05, 0) is 19.1 Å². The first kappa shape index (κ1) is 12.6. The van der Waals surface area contributed by atoms with Crippen LogP contribution in [0.3, 0.4) is 0 Å². The molecule has 0 fully saturated rings. The Balaban J connectivity index is 1.97. The van der Waals surface area contributed by atoms with Gasteiger partial charge < -0.3 is 9.84 Å². The van der Waals surface area contributed by atoms with E-state index in [4.69, 9.17) is 9.84 Å². The molecule has 3 aromatic rings. The number of benzene rings is 1. The predicted octanol–water partition coefficient (Wildman–Crippen LogP) is 3.49. The van der Waals surface area contributed by atoms with Gasteiger partial charge >= 0.3 is 5.97 Å². The number of carbonyl (C=O) groups is 1. The van der Waals surface area contributed by atoms with Crippen LogP contribution in [-0.4, -0.2) is 21.0 Å². The summed E-state index contributed by atoms with van der Waals surface area (Å²) in [6.07, 6.45) is 0. The molecule has 0 atom stereocenters. The van der Waals surface area contributed by atoms with Gasteiger partial charge in [0.05, 0.1) is 11.0 Å². The number of aromatic carboxylic acids is 1. The Morgan fingerprint density at radius 3 is 2.60 bits per heavy atom. The Morgan fingerprint density at radius 2 is 1.95 bits per heavy atom. The molecular weight excluding hydrogens is 276 g/mol. The zero-order valence-corrected chi connectivity index (χ0v) is 11.3. The number of para-hydroxylation sites is 2. The van der Waals surface area contributed by atoms with Gasteiger partial charge in [-0.15, -0.1) is 11.3 Å². The third-order valence-corrected chi connectivity index (χ3v) is 3.60. The molecule has 3 rings (SSSR count). The molecule has 0 saturated heterocycles. The Hall–Kier alpha value is -2.47. The first-order valence-corrected chi connectivity index (χ1v) is 6.74. The summed E-state index contributed by atoms with van der Waals surface area (Å²) in [5, 5.41) is 10.5. The summed E-state index contributed by atoms with van der Waals surface area (Å²) in [6.45, 7) is 1.80. The highest BCUT2D eigenvalue weighted by Gasteiger charge is 2.11. The fraction of sp³-hybridized carbons (Fsp3) is 0.0714. The van der Waals surface area contributed by atoms with Crippen molar-refractivity contribution >= 4 is 28.3 Å². The van der Waals surface area contributed by atoms with Gasteiger partial charge in [0, 0.05) is 11.4 Å². The normalized spacial score (nSPS) is 10.7. The fourth-order valence-corrected chi connectivity index (χ4v) is 2.41. The van der Waals surface area contributed by atoms with E-state index in [1.54, 1.807) is 12.3 Å². The van der Waals surface area contributed by atoms with E-state index in [0.717, 1.165) is 22.4 Å². The Morgan fingerprint density at radius 1 is 1.25 bits per heavy atom. The average Bonchev–Trinajstić information content (AvgIpc) is 2.88. The molecule has 6 heteroatoms. The highest BCUT2D eigenvalue weighted by Crippen LogP contribution is 2.28. The van der Waals surface area contributed by atoms with Crippen LogP contribution in [0.1, 0.15) is 15.4 Å². The van der Waals surface area contributed by atoms with E-state index in [9.17, 15) is 4.79 Å². The third-order valence-electron chi connectivity index (χ3n) is 2.70. The number of ether oxygens (including phenoxy) is 1. The lowest BCUT2D eigenvalue weighted by Crippen LogP contribution is -1.95. The van der Waals surface area contributed by atoms with Gasteiger partial charge in [-0.1, -0.05) is 12.1 Å². The van der Waals surface area contributed by atoms with Crippen LogP contribution in [0.15, 0.2) is 35.7 Å². The second kappa shape index (κ2) is 4.90. The van der Waals surface area contributed by atoms with Crippen LogP contribution >= 0.6 is 11.3 Å². The van der Waals surface area contributed by atoms with Crippen molar-refractivity contribution in [2.45, 2.75) is 6.92 Å². The van der Waals surface area contributed by atoms with Crippen molar-refractivity contribution in [3.63, 3.8) is 0 Å². The van der Waals surface area contributed by atoms with Gasteiger partial charge in [0.1, 0.15) is 16.3 Å². The first-order valence-electron chi connectivity index (χ1n) is 5.86. The quantitative estimate of drug-likeness (QED) is 0.798. The highest BCUT2D eigenvalue weighted by atomic mass is 32.1. The molecule has 0 aliphatic rings. The Bertz CT molecular complexity index is 798. The van der Waals surface area contributed by atoms with E-state index in [-0.39, 0.29) is 4.88 Å². The molecule has 2 aromatic heterocycles. The molecule has 1 aromatic carbocycles. The van der Waals surface area contributed by atoms with E-state index in [2.05, 4.69) is 9.97 Å². The molecule has 0 radical (unpaired) electrons. The van der Waals surface area contributed by atoms with Crippen molar-refractivity contribution in [3.05, 3.63) is 46.3 Å². The number of fused-ring (bicyclic) bond motifs is 1. The first-order chi connectivity index (χ1) is 9.63. The van der Waals surface area contributed by atoms with Gasteiger partial charge in [-0.25, -0.2) is 14.8 Å². The third kappa shape index (κ3) is 2.33. The van der Waals surface area contributed by atoms with Gasteiger partial charge in [0.2, 0.25) is 5.88 Å². The molecule has 0 aliphatic carbocycles. The zero-order chi connectivity index (χ0) is 14.1. The number of hydrogen-bond acceptors (Lipinski definition) is 5. The van der Waals surface area contributed by atoms with Crippen LogP contribution in [0.25, 0.3) is 11.0 Å². The molecule has 2 heterocycles. The number of hydrogen-bond donors (Lipinski definition) is 1. The summed E-state index contributed by atoms with van der Waals surface area (Å²) in [5.74, 6) is -0.121. The topological polar surface area (TPSA) is 72.3 Å². The molecule has 0 amide bonds. The summed E-state index contributed by atoms with van der Waals surface area (Å²) in [6, 6.07) is 8.98. The maximum Gasteiger partial charge on any atom is 0.346 e. The lowest BCUT2D eigenvalue weighted by molar-refractivity contribution is 0.0702. The van der Waals surface area contributed by atoms with Crippen molar-refractivity contribution in [2.75, 3.05) is 0 Å². The molecule has 0 spiro atoms. The molecule has 0 unspecified atom stereocenters. The van der Waals surface area contributed by atoms with E-state index in [1.165, 1.54) is 6.07 Å². The summed E-state index contributed by atoms with van der Waals surface area (Å²) in [5.41, 5.74) is 2.20. The molecule has 20 heavy (non-hydrogen) atoms. The number of rotatable bonds is 3. The predicted molar refractivity (Wildman–Crippen MR) is 75.6 cm³/mol. The molecular formula is C14H10N2O3S. The van der Waals surface area contributed by atoms with Crippen molar-refractivity contribution in [3.8, 4) is 11.6 Å². The number of aryl methyl sites for hydroxylation is 1. The van der Waals surface area contributed by atoms with Crippen LogP contribution < -0.4 is 4.74 Å².